The van der Waals surface area contributed by atoms with Gasteiger partial charge in [-0.05, 0) is 41.0 Å². The number of aromatic nitrogens is 3. The first kappa shape index (κ1) is 28.7. The molecule has 0 fully saturated rings. The number of benzene rings is 7. The van der Waals surface area contributed by atoms with Crippen LogP contribution in [0.1, 0.15) is 0 Å². The monoisotopic (exact) mass is 685 g/mol. The van der Waals surface area contributed by atoms with Gasteiger partial charge in [-0.15, -0.1) is 22.7 Å². The first-order valence-corrected chi connectivity index (χ1v) is 18.7. The van der Waals surface area contributed by atoms with Crippen molar-refractivity contribution in [3.63, 3.8) is 0 Å². The number of hydrogen-bond donors (Lipinski definition) is 0. The van der Waals surface area contributed by atoms with Gasteiger partial charge in [0.1, 0.15) is 0 Å². The fraction of sp³-hybridized carbons (Fsp3) is 0. The Labute approximate surface area is 301 Å². The molecule has 0 radical (unpaired) electrons. The number of nitrogens with zero attached hydrogens (tertiary/aromatic N) is 3. The Morgan fingerprint density at radius 1 is 0.412 bits per heavy atom. The summed E-state index contributed by atoms with van der Waals surface area (Å²) >= 11 is 3.77. The Kier molecular flexibility index (Phi) is 6.29. The lowest BCUT2D eigenvalue weighted by Gasteiger charge is -2.16. The van der Waals surface area contributed by atoms with Gasteiger partial charge in [0.2, 0.25) is 5.95 Å². The average molecular weight is 686 g/mol. The average Bonchev–Trinajstić information content (AvgIpc) is 3.86. The molecule has 4 aromatic heterocycles. The molecule has 0 amide bonds. The number of fused-ring (bicyclic) bond motifs is 10. The molecule has 11 rings (SSSR count). The predicted molar refractivity (Wildman–Crippen MR) is 218 cm³/mol. The van der Waals surface area contributed by atoms with Crippen molar-refractivity contribution in [2.24, 2.45) is 0 Å². The van der Waals surface area contributed by atoms with Crippen molar-refractivity contribution < 1.29 is 0 Å². The lowest BCUT2D eigenvalue weighted by atomic mass is 9.94. The maximum atomic E-state index is 5.57. The molecule has 0 aliphatic rings. The number of para-hydroxylation sites is 1. The zero-order valence-corrected chi connectivity index (χ0v) is 28.9. The van der Waals surface area contributed by atoms with Crippen LogP contribution in [0.2, 0.25) is 0 Å². The molecule has 7 aromatic carbocycles. The Hall–Kier alpha value is -6.14. The smallest absolute Gasteiger partial charge is 0.235 e. The van der Waals surface area contributed by atoms with Gasteiger partial charge in [-0.2, -0.15) is 0 Å². The SMILES string of the molecule is c1ccc(-c2cc(-c3ccccc3)c3nc(-n4c5ccccc5c5ccc6c7sc8ccccc8c7sc6c54)nc(-c4ccccc4)c3c2)cc1. The van der Waals surface area contributed by atoms with Gasteiger partial charge >= 0.3 is 0 Å². The lowest BCUT2D eigenvalue weighted by molar-refractivity contribution is 1.02. The third kappa shape index (κ3) is 4.35. The molecule has 0 spiro atoms. The van der Waals surface area contributed by atoms with Gasteiger partial charge in [0.05, 0.1) is 36.3 Å². The molecular formula is C46H27N3S2. The normalized spacial score (nSPS) is 11.9. The summed E-state index contributed by atoms with van der Waals surface area (Å²) < 4.78 is 7.61. The van der Waals surface area contributed by atoms with Crippen LogP contribution in [0.15, 0.2) is 164 Å². The highest BCUT2D eigenvalue weighted by Gasteiger charge is 2.23. The van der Waals surface area contributed by atoms with Crippen molar-refractivity contribution in [3.05, 3.63) is 164 Å². The highest BCUT2D eigenvalue weighted by atomic mass is 32.1. The molecule has 0 atom stereocenters. The van der Waals surface area contributed by atoms with Gasteiger partial charge in [0.25, 0.3) is 0 Å². The summed E-state index contributed by atoms with van der Waals surface area (Å²) in [5, 5.41) is 6.05. The van der Waals surface area contributed by atoms with Gasteiger partial charge in [0, 0.05) is 42.8 Å². The fourth-order valence-corrected chi connectivity index (χ4v) is 10.5. The van der Waals surface area contributed by atoms with E-state index in [1.165, 1.54) is 40.3 Å². The summed E-state index contributed by atoms with van der Waals surface area (Å²) in [6, 6.07) is 58.4. The van der Waals surface area contributed by atoms with Crippen LogP contribution in [0.3, 0.4) is 0 Å². The van der Waals surface area contributed by atoms with Gasteiger partial charge < -0.3 is 0 Å². The molecule has 5 heteroatoms. The molecule has 0 bridgehead atoms. The zero-order chi connectivity index (χ0) is 33.5. The second-order valence-corrected chi connectivity index (χ2v) is 15.0. The summed E-state index contributed by atoms with van der Waals surface area (Å²) in [5.74, 6) is 0.673. The Bertz CT molecular complexity index is 3120. The highest BCUT2D eigenvalue weighted by Crippen LogP contribution is 2.48. The topological polar surface area (TPSA) is 30.7 Å². The molecule has 3 nitrogen and oxygen atoms in total. The van der Waals surface area contributed by atoms with E-state index in [4.69, 9.17) is 9.97 Å². The third-order valence-corrected chi connectivity index (χ3v) is 12.6. The molecule has 4 heterocycles. The second kappa shape index (κ2) is 11.2. The van der Waals surface area contributed by atoms with Crippen LogP contribution in [-0.4, -0.2) is 14.5 Å². The van der Waals surface area contributed by atoms with E-state index in [1.807, 2.05) is 22.7 Å². The van der Waals surface area contributed by atoms with Crippen molar-refractivity contribution in [1.82, 2.24) is 14.5 Å². The molecule has 11 aromatic rings. The number of rotatable bonds is 4. The van der Waals surface area contributed by atoms with Crippen molar-refractivity contribution >= 4 is 85.0 Å². The first-order chi connectivity index (χ1) is 25.3. The molecular weight excluding hydrogens is 659 g/mol. The molecule has 0 aliphatic carbocycles. The minimum absolute atomic E-state index is 0.673. The maximum Gasteiger partial charge on any atom is 0.235 e. The minimum Gasteiger partial charge on any atom is -0.276 e. The first-order valence-electron chi connectivity index (χ1n) is 17.1. The van der Waals surface area contributed by atoms with Crippen molar-refractivity contribution in [2.45, 2.75) is 0 Å². The Morgan fingerprint density at radius 3 is 1.82 bits per heavy atom. The van der Waals surface area contributed by atoms with E-state index in [0.717, 1.165) is 55.4 Å². The van der Waals surface area contributed by atoms with Crippen molar-refractivity contribution in [2.75, 3.05) is 0 Å². The van der Waals surface area contributed by atoms with E-state index in [-0.39, 0.29) is 0 Å². The van der Waals surface area contributed by atoms with Gasteiger partial charge in [0.15, 0.2) is 0 Å². The summed E-state index contributed by atoms with van der Waals surface area (Å²) in [7, 11) is 0. The van der Waals surface area contributed by atoms with Gasteiger partial charge in [-0.25, -0.2) is 9.97 Å². The van der Waals surface area contributed by atoms with Crippen LogP contribution in [0.4, 0.5) is 0 Å². The van der Waals surface area contributed by atoms with Crippen LogP contribution in [-0.2, 0) is 0 Å². The quantitative estimate of drug-likeness (QED) is 0.185. The Balaban J connectivity index is 1.30. The highest BCUT2D eigenvalue weighted by molar-refractivity contribution is 7.37. The molecule has 238 valence electrons. The van der Waals surface area contributed by atoms with E-state index in [0.29, 0.717) is 5.95 Å². The van der Waals surface area contributed by atoms with Crippen LogP contribution < -0.4 is 0 Å². The van der Waals surface area contributed by atoms with Crippen LogP contribution in [0.25, 0.3) is 102 Å². The van der Waals surface area contributed by atoms with E-state index >= 15 is 0 Å². The molecule has 0 aliphatic heterocycles. The van der Waals surface area contributed by atoms with Crippen LogP contribution >= 0.6 is 22.7 Å². The van der Waals surface area contributed by atoms with E-state index < -0.39 is 0 Å². The largest absolute Gasteiger partial charge is 0.276 e. The zero-order valence-electron chi connectivity index (χ0n) is 27.2. The predicted octanol–water partition coefficient (Wildman–Crippen LogP) is 13.3. The molecule has 51 heavy (non-hydrogen) atoms. The van der Waals surface area contributed by atoms with E-state index in [1.54, 1.807) is 0 Å². The number of hydrogen-bond acceptors (Lipinski definition) is 4. The molecule has 0 unspecified atom stereocenters. The molecule has 0 saturated carbocycles. The van der Waals surface area contributed by atoms with E-state index in [9.17, 15) is 0 Å². The summed E-state index contributed by atoms with van der Waals surface area (Å²) in [5.41, 5.74) is 9.68. The summed E-state index contributed by atoms with van der Waals surface area (Å²) in [6.07, 6.45) is 0. The number of thiophene rings is 2. The second-order valence-electron chi connectivity index (χ2n) is 12.9. The van der Waals surface area contributed by atoms with Gasteiger partial charge in [-0.1, -0.05) is 140 Å². The third-order valence-electron chi connectivity index (χ3n) is 10.0. The standard InChI is InChI=1S/C46H27N3S2/c1-4-14-28(15-5-1)31-26-36(29-16-6-2-7-17-29)41-37(27-31)40(30-18-8-3-9-19-30)47-46(48-41)49-38-22-12-10-20-32(38)33-24-25-35-43(42(33)49)51-44-34-21-11-13-23-39(34)50-45(35)44/h1-27H. The van der Waals surface area contributed by atoms with E-state index in [2.05, 4.69) is 168 Å². The molecule has 0 N–H and O–H groups in total. The minimum atomic E-state index is 0.673. The lowest BCUT2D eigenvalue weighted by Crippen LogP contribution is -2.04. The molecule has 0 saturated heterocycles. The van der Waals surface area contributed by atoms with Crippen molar-refractivity contribution in [1.29, 1.82) is 0 Å². The maximum absolute atomic E-state index is 5.57. The summed E-state index contributed by atoms with van der Waals surface area (Å²) in [4.78, 5) is 11.1. The Morgan fingerprint density at radius 2 is 1.04 bits per heavy atom. The van der Waals surface area contributed by atoms with Gasteiger partial charge in [-0.3, -0.25) is 4.57 Å². The summed E-state index contributed by atoms with van der Waals surface area (Å²) in [6.45, 7) is 0. The van der Waals surface area contributed by atoms with Crippen LogP contribution in [0, 0.1) is 0 Å². The van der Waals surface area contributed by atoms with Crippen LogP contribution in [0.5, 0.6) is 0 Å². The van der Waals surface area contributed by atoms with Crippen molar-refractivity contribution in [3.8, 4) is 39.5 Å². The fourth-order valence-electron chi connectivity index (χ4n) is 7.69.